The molecule has 1 aliphatic heterocycles. The maximum Gasteiger partial charge on any atom is 0.253 e. The molecule has 1 aliphatic rings. The summed E-state index contributed by atoms with van der Waals surface area (Å²) in [6.45, 7) is 6.50. The van der Waals surface area contributed by atoms with Crippen LogP contribution in [0.4, 0.5) is 0 Å². The van der Waals surface area contributed by atoms with E-state index in [-0.39, 0.29) is 40.5 Å². The molecular weight excluding hydrogens is 406 g/mol. The second-order valence-corrected chi connectivity index (χ2v) is 9.02. The Morgan fingerprint density at radius 1 is 1.21 bits per heavy atom. The highest BCUT2D eigenvalue weighted by Crippen LogP contribution is 2.23. The van der Waals surface area contributed by atoms with Gasteiger partial charge in [0.15, 0.2) is 0 Å². The molecule has 1 fully saturated rings. The summed E-state index contributed by atoms with van der Waals surface area (Å²) in [6.07, 6.45) is 0.764. The summed E-state index contributed by atoms with van der Waals surface area (Å²) >= 11 is 6.11. The molecule has 0 bridgehead atoms. The predicted molar refractivity (Wildman–Crippen MR) is 106 cm³/mol. The van der Waals surface area contributed by atoms with Gasteiger partial charge in [-0.15, -0.1) is 0 Å². The zero-order valence-electron chi connectivity index (χ0n) is 16.2. The molecule has 2 atom stereocenters. The number of sulfonamides is 1. The van der Waals surface area contributed by atoms with E-state index in [4.69, 9.17) is 16.3 Å². The van der Waals surface area contributed by atoms with Crippen molar-refractivity contribution < 1.29 is 22.7 Å². The van der Waals surface area contributed by atoms with Gasteiger partial charge in [0, 0.05) is 19.1 Å². The quantitative estimate of drug-likeness (QED) is 0.678. The fourth-order valence-corrected chi connectivity index (χ4v) is 4.22. The number of halogens is 1. The van der Waals surface area contributed by atoms with Crippen LogP contribution in [-0.2, 0) is 19.6 Å². The maximum absolute atomic E-state index is 12.8. The minimum absolute atomic E-state index is 0.000749. The number of ether oxygens (including phenoxy) is 1. The van der Waals surface area contributed by atoms with Crippen LogP contribution >= 0.6 is 11.6 Å². The van der Waals surface area contributed by atoms with Gasteiger partial charge in [0.2, 0.25) is 15.9 Å². The van der Waals surface area contributed by atoms with Crippen LogP contribution in [0.2, 0.25) is 5.02 Å². The lowest BCUT2D eigenvalue weighted by Gasteiger charge is -2.26. The average molecular weight is 432 g/mol. The standard InChI is InChI=1S/C18H26ClN3O5S/c1-4-12(2)20-17(23)13(3)21-18(24)15-11-14(5-6-16(15)19)28(25,26)22-7-9-27-10-8-22/h5-6,11-13H,4,7-10H2,1-3H3,(H,20,23)(H,21,24). The van der Waals surface area contributed by atoms with E-state index in [0.29, 0.717) is 13.2 Å². The Balaban J connectivity index is 2.18. The minimum Gasteiger partial charge on any atom is -0.379 e. The molecule has 2 rings (SSSR count). The molecule has 156 valence electrons. The molecular formula is C18H26ClN3O5S. The van der Waals surface area contributed by atoms with Crippen LogP contribution in [0.3, 0.4) is 0 Å². The fourth-order valence-electron chi connectivity index (χ4n) is 2.58. The predicted octanol–water partition coefficient (Wildman–Crippen LogP) is 1.39. The summed E-state index contributed by atoms with van der Waals surface area (Å²) in [4.78, 5) is 24.7. The Morgan fingerprint density at radius 2 is 1.86 bits per heavy atom. The highest BCUT2D eigenvalue weighted by molar-refractivity contribution is 7.89. The highest BCUT2D eigenvalue weighted by Gasteiger charge is 2.28. The molecule has 2 amide bonds. The summed E-state index contributed by atoms with van der Waals surface area (Å²) in [5, 5.41) is 5.44. The molecule has 1 aromatic rings. The topological polar surface area (TPSA) is 105 Å². The van der Waals surface area contributed by atoms with E-state index in [1.165, 1.54) is 22.5 Å². The van der Waals surface area contributed by atoms with Gasteiger partial charge in [-0.25, -0.2) is 8.42 Å². The van der Waals surface area contributed by atoms with Gasteiger partial charge in [-0.1, -0.05) is 18.5 Å². The van der Waals surface area contributed by atoms with Crippen molar-refractivity contribution in [3.63, 3.8) is 0 Å². The SMILES string of the molecule is CCC(C)NC(=O)C(C)NC(=O)c1cc(S(=O)(=O)N2CCOCC2)ccc1Cl. The van der Waals surface area contributed by atoms with Crippen molar-refractivity contribution in [3.05, 3.63) is 28.8 Å². The van der Waals surface area contributed by atoms with Crippen LogP contribution in [0.15, 0.2) is 23.1 Å². The molecule has 0 saturated carbocycles. The monoisotopic (exact) mass is 431 g/mol. The smallest absolute Gasteiger partial charge is 0.253 e. The first-order chi connectivity index (χ1) is 13.2. The van der Waals surface area contributed by atoms with Crippen molar-refractivity contribution in [1.82, 2.24) is 14.9 Å². The number of morpholine rings is 1. The van der Waals surface area contributed by atoms with Crippen LogP contribution in [0.1, 0.15) is 37.6 Å². The van der Waals surface area contributed by atoms with Crippen LogP contribution < -0.4 is 10.6 Å². The Kier molecular flexibility index (Phi) is 7.82. The molecule has 1 heterocycles. The first-order valence-corrected chi connectivity index (χ1v) is 11.0. The Bertz CT molecular complexity index is 825. The Hall–Kier alpha value is -1.68. The van der Waals surface area contributed by atoms with Crippen molar-refractivity contribution in [1.29, 1.82) is 0 Å². The van der Waals surface area contributed by atoms with E-state index in [9.17, 15) is 18.0 Å². The molecule has 2 N–H and O–H groups in total. The lowest BCUT2D eigenvalue weighted by atomic mass is 10.2. The first kappa shape index (κ1) is 22.6. The molecule has 0 radical (unpaired) electrons. The normalized spacial score (nSPS) is 17.6. The van der Waals surface area contributed by atoms with E-state index >= 15 is 0 Å². The van der Waals surface area contributed by atoms with E-state index < -0.39 is 22.0 Å². The number of hydrogen-bond acceptors (Lipinski definition) is 5. The number of hydrogen-bond donors (Lipinski definition) is 2. The third kappa shape index (κ3) is 5.44. The van der Waals surface area contributed by atoms with Gasteiger partial charge in [0.05, 0.1) is 28.7 Å². The van der Waals surface area contributed by atoms with Crippen LogP contribution in [0, 0.1) is 0 Å². The van der Waals surface area contributed by atoms with Gasteiger partial charge in [0.1, 0.15) is 6.04 Å². The van der Waals surface area contributed by atoms with Gasteiger partial charge in [-0.3, -0.25) is 9.59 Å². The van der Waals surface area contributed by atoms with Gasteiger partial charge in [-0.2, -0.15) is 4.31 Å². The molecule has 8 nitrogen and oxygen atoms in total. The lowest BCUT2D eigenvalue weighted by molar-refractivity contribution is -0.123. The van der Waals surface area contributed by atoms with Crippen molar-refractivity contribution in [2.24, 2.45) is 0 Å². The van der Waals surface area contributed by atoms with E-state index in [0.717, 1.165) is 6.42 Å². The second-order valence-electron chi connectivity index (χ2n) is 6.67. The summed E-state index contributed by atoms with van der Waals surface area (Å²) in [7, 11) is -3.76. The molecule has 0 aliphatic carbocycles. The van der Waals surface area contributed by atoms with E-state index in [1.54, 1.807) is 6.92 Å². The van der Waals surface area contributed by atoms with Crippen molar-refractivity contribution in [2.45, 2.75) is 44.2 Å². The van der Waals surface area contributed by atoms with Gasteiger partial charge in [0.25, 0.3) is 5.91 Å². The number of carbonyl (C=O) groups excluding carboxylic acids is 2. The van der Waals surface area contributed by atoms with Gasteiger partial charge < -0.3 is 15.4 Å². The Labute approximate surface area is 170 Å². The van der Waals surface area contributed by atoms with Gasteiger partial charge >= 0.3 is 0 Å². The van der Waals surface area contributed by atoms with Crippen molar-refractivity contribution in [3.8, 4) is 0 Å². The maximum atomic E-state index is 12.8. The first-order valence-electron chi connectivity index (χ1n) is 9.15. The van der Waals surface area contributed by atoms with Crippen LogP contribution in [0.25, 0.3) is 0 Å². The summed E-state index contributed by atoms with van der Waals surface area (Å²) < 4.78 is 32.1. The third-order valence-corrected chi connectivity index (χ3v) is 6.76. The minimum atomic E-state index is -3.76. The number of rotatable bonds is 7. The van der Waals surface area contributed by atoms with Crippen LogP contribution in [0.5, 0.6) is 0 Å². The average Bonchev–Trinajstić information content (AvgIpc) is 2.68. The zero-order valence-corrected chi connectivity index (χ0v) is 17.8. The molecule has 1 aromatic carbocycles. The largest absolute Gasteiger partial charge is 0.379 e. The molecule has 28 heavy (non-hydrogen) atoms. The third-order valence-electron chi connectivity index (χ3n) is 4.53. The lowest BCUT2D eigenvalue weighted by Crippen LogP contribution is -2.47. The molecule has 0 spiro atoms. The number of nitrogens with one attached hydrogen (secondary N) is 2. The van der Waals surface area contributed by atoms with Crippen molar-refractivity contribution in [2.75, 3.05) is 26.3 Å². The molecule has 10 heteroatoms. The number of nitrogens with zero attached hydrogens (tertiary/aromatic N) is 1. The molecule has 0 aromatic heterocycles. The zero-order chi connectivity index (χ0) is 20.9. The number of benzene rings is 1. The van der Waals surface area contributed by atoms with Gasteiger partial charge in [-0.05, 0) is 38.5 Å². The van der Waals surface area contributed by atoms with Crippen LogP contribution in [-0.4, -0.2) is 62.9 Å². The number of carbonyl (C=O) groups is 2. The fraction of sp³-hybridized carbons (Fsp3) is 0.556. The summed E-state index contributed by atoms with van der Waals surface area (Å²) in [6, 6.07) is 3.16. The molecule has 2 unspecified atom stereocenters. The van der Waals surface area contributed by atoms with E-state index in [1.807, 2.05) is 13.8 Å². The second kappa shape index (κ2) is 9.69. The highest BCUT2D eigenvalue weighted by atomic mass is 35.5. The van der Waals surface area contributed by atoms with E-state index in [2.05, 4.69) is 10.6 Å². The summed E-state index contributed by atoms with van der Waals surface area (Å²) in [5.74, 6) is -0.938. The van der Waals surface area contributed by atoms with Crippen molar-refractivity contribution >= 4 is 33.4 Å². The Morgan fingerprint density at radius 3 is 2.46 bits per heavy atom. The number of amides is 2. The summed E-state index contributed by atoms with van der Waals surface area (Å²) in [5.41, 5.74) is -0.000749. The molecule has 1 saturated heterocycles.